The summed E-state index contributed by atoms with van der Waals surface area (Å²) in [5.74, 6) is -0.951. The fourth-order valence-electron chi connectivity index (χ4n) is 2.69. The van der Waals surface area contributed by atoms with Crippen LogP contribution in [0.15, 0.2) is 42.1 Å². The zero-order chi connectivity index (χ0) is 18.8. The Kier molecular flexibility index (Phi) is 4.62. The number of imide groups is 1. The van der Waals surface area contributed by atoms with Crippen LogP contribution in [0.1, 0.15) is 17.0 Å². The van der Waals surface area contributed by atoms with Crippen molar-refractivity contribution in [2.24, 2.45) is 7.05 Å². The molecule has 3 rings (SSSR count). The third kappa shape index (κ3) is 3.37. The van der Waals surface area contributed by atoms with Crippen LogP contribution in [-0.4, -0.2) is 33.9 Å². The van der Waals surface area contributed by atoms with Gasteiger partial charge in [-0.15, -0.1) is 0 Å². The van der Waals surface area contributed by atoms with Crippen LogP contribution in [0.25, 0.3) is 6.08 Å². The van der Waals surface area contributed by atoms with E-state index in [1.807, 2.05) is 49.7 Å². The number of nitrogens with zero attached hydrogens (tertiary/aromatic N) is 2. The number of benzene rings is 1. The lowest BCUT2D eigenvalue weighted by molar-refractivity contribution is -0.127. The highest BCUT2D eigenvalue weighted by molar-refractivity contribution is 6.15. The average Bonchev–Trinajstić information content (AvgIpc) is 3.05. The molecule has 1 saturated heterocycles. The first-order valence-electron chi connectivity index (χ1n) is 8.19. The first kappa shape index (κ1) is 17.5. The van der Waals surface area contributed by atoms with Crippen LogP contribution in [0, 0.1) is 13.8 Å². The zero-order valence-corrected chi connectivity index (χ0v) is 14.9. The minimum Gasteiger partial charge on any atom is -0.348 e. The summed E-state index contributed by atoms with van der Waals surface area (Å²) in [5, 5.41) is 5.24. The second-order valence-electron chi connectivity index (χ2n) is 6.20. The van der Waals surface area contributed by atoms with Crippen LogP contribution in [0.2, 0.25) is 0 Å². The summed E-state index contributed by atoms with van der Waals surface area (Å²) in [7, 11) is 1.87. The van der Waals surface area contributed by atoms with E-state index in [1.165, 1.54) is 0 Å². The summed E-state index contributed by atoms with van der Waals surface area (Å²) in [6.45, 7) is 3.47. The lowest BCUT2D eigenvalue weighted by Crippen LogP contribution is -2.38. The number of amides is 4. The van der Waals surface area contributed by atoms with E-state index in [9.17, 15) is 14.4 Å². The van der Waals surface area contributed by atoms with Gasteiger partial charge in [-0.1, -0.05) is 18.2 Å². The predicted molar refractivity (Wildman–Crippen MR) is 98.2 cm³/mol. The summed E-state index contributed by atoms with van der Waals surface area (Å²) >= 11 is 0. The molecule has 2 heterocycles. The maximum atomic E-state index is 12.5. The van der Waals surface area contributed by atoms with Crippen LogP contribution in [0.4, 0.5) is 10.5 Å². The Bertz CT molecular complexity index is 927. The predicted octanol–water partition coefficient (Wildman–Crippen LogP) is 2.17. The van der Waals surface area contributed by atoms with Crippen molar-refractivity contribution in [3.05, 3.63) is 59.0 Å². The molecule has 1 aliphatic heterocycles. The zero-order valence-electron chi connectivity index (χ0n) is 14.9. The quantitative estimate of drug-likeness (QED) is 0.653. The van der Waals surface area contributed by atoms with Crippen LogP contribution >= 0.6 is 0 Å². The van der Waals surface area contributed by atoms with Crippen LogP contribution in [-0.2, 0) is 16.6 Å². The highest BCUT2D eigenvalue weighted by Gasteiger charge is 2.35. The molecule has 1 aliphatic rings. The van der Waals surface area contributed by atoms with Gasteiger partial charge in [0.2, 0.25) is 5.91 Å². The van der Waals surface area contributed by atoms with Crippen molar-refractivity contribution in [2.45, 2.75) is 13.8 Å². The van der Waals surface area contributed by atoms with E-state index in [-0.39, 0.29) is 12.2 Å². The molecule has 0 atom stereocenters. The standard InChI is InChI=1S/C19H20N4O3/c1-12-6-4-5-7-15(12)20-17(24)11-23-18(25)16(21-19(23)26)10-14-9-8-13(2)22(14)3/h4-10H,11H2,1-3H3,(H,20,24)(H,21,26)/b16-10-. The highest BCUT2D eigenvalue weighted by atomic mass is 16.2. The first-order chi connectivity index (χ1) is 12.4. The minimum absolute atomic E-state index is 0.153. The van der Waals surface area contributed by atoms with Crippen molar-refractivity contribution < 1.29 is 14.4 Å². The third-order valence-electron chi connectivity index (χ3n) is 4.39. The van der Waals surface area contributed by atoms with Crippen molar-refractivity contribution in [3.8, 4) is 0 Å². The number of aromatic nitrogens is 1. The normalized spacial score (nSPS) is 15.5. The molecule has 1 aromatic carbocycles. The van der Waals surface area contributed by atoms with E-state index in [0.29, 0.717) is 5.69 Å². The van der Waals surface area contributed by atoms with E-state index in [4.69, 9.17) is 0 Å². The fraction of sp³-hybridized carbons (Fsp3) is 0.211. The van der Waals surface area contributed by atoms with Crippen LogP contribution < -0.4 is 10.6 Å². The van der Waals surface area contributed by atoms with Gasteiger partial charge in [-0.05, 0) is 43.7 Å². The Morgan fingerprint density at radius 1 is 1.15 bits per heavy atom. The number of aryl methyl sites for hydroxylation is 2. The summed E-state index contributed by atoms with van der Waals surface area (Å²) in [6, 6.07) is 10.5. The summed E-state index contributed by atoms with van der Waals surface area (Å²) in [5.41, 5.74) is 3.53. The molecule has 0 radical (unpaired) electrons. The van der Waals surface area contributed by atoms with Crippen molar-refractivity contribution in [2.75, 3.05) is 11.9 Å². The van der Waals surface area contributed by atoms with Crippen molar-refractivity contribution >= 4 is 29.6 Å². The molecule has 2 aromatic rings. The molecular formula is C19H20N4O3. The number of para-hydroxylation sites is 1. The van der Waals surface area contributed by atoms with E-state index >= 15 is 0 Å². The molecule has 2 N–H and O–H groups in total. The number of carbonyl (C=O) groups is 3. The van der Waals surface area contributed by atoms with Gasteiger partial charge in [-0.25, -0.2) is 9.69 Å². The van der Waals surface area contributed by atoms with Gasteiger partial charge in [0.05, 0.1) is 0 Å². The smallest absolute Gasteiger partial charge is 0.329 e. The van der Waals surface area contributed by atoms with Gasteiger partial charge in [0.1, 0.15) is 12.2 Å². The lowest BCUT2D eigenvalue weighted by atomic mass is 10.2. The van der Waals surface area contributed by atoms with Gasteiger partial charge in [0, 0.05) is 24.1 Å². The average molecular weight is 352 g/mol. The summed E-state index contributed by atoms with van der Waals surface area (Å²) in [4.78, 5) is 37.7. The minimum atomic E-state index is -0.605. The molecule has 0 saturated carbocycles. The van der Waals surface area contributed by atoms with E-state index in [2.05, 4.69) is 10.6 Å². The SMILES string of the molecule is Cc1ccccc1NC(=O)CN1C(=O)N/C(=C\c2ccc(C)n2C)C1=O. The Morgan fingerprint density at radius 2 is 1.88 bits per heavy atom. The highest BCUT2D eigenvalue weighted by Crippen LogP contribution is 2.17. The number of rotatable bonds is 4. The molecule has 1 fully saturated rings. The number of nitrogens with one attached hydrogen (secondary N) is 2. The van der Waals surface area contributed by atoms with Crippen molar-refractivity contribution in [1.29, 1.82) is 0 Å². The fourth-order valence-corrected chi connectivity index (χ4v) is 2.69. The van der Waals surface area contributed by atoms with Crippen molar-refractivity contribution in [1.82, 2.24) is 14.8 Å². The van der Waals surface area contributed by atoms with Crippen molar-refractivity contribution in [3.63, 3.8) is 0 Å². The topological polar surface area (TPSA) is 83.4 Å². The van der Waals surface area contributed by atoms with E-state index in [0.717, 1.165) is 21.9 Å². The Morgan fingerprint density at radius 3 is 2.54 bits per heavy atom. The summed E-state index contributed by atoms with van der Waals surface area (Å²) < 4.78 is 1.90. The molecular weight excluding hydrogens is 332 g/mol. The number of urea groups is 1. The summed E-state index contributed by atoms with van der Waals surface area (Å²) in [6.07, 6.45) is 1.60. The molecule has 7 heteroatoms. The maximum absolute atomic E-state index is 12.5. The second kappa shape index (κ2) is 6.87. The molecule has 134 valence electrons. The second-order valence-corrected chi connectivity index (χ2v) is 6.20. The number of anilines is 1. The van der Waals surface area contributed by atoms with Gasteiger partial charge in [0.15, 0.2) is 0 Å². The van der Waals surface area contributed by atoms with Crippen LogP contribution in [0.3, 0.4) is 0 Å². The number of hydrogen-bond donors (Lipinski definition) is 2. The number of carbonyl (C=O) groups excluding carboxylic acids is 3. The van der Waals surface area contributed by atoms with Gasteiger partial charge >= 0.3 is 6.03 Å². The Hall–Kier alpha value is -3.35. The monoisotopic (exact) mass is 352 g/mol. The largest absolute Gasteiger partial charge is 0.348 e. The first-order valence-corrected chi connectivity index (χ1v) is 8.19. The molecule has 0 spiro atoms. The molecule has 0 unspecified atom stereocenters. The maximum Gasteiger partial charge on any atom is 0.329 e. The molecule has 0 aliphatic carbocycles. The number of hydrogen-bond acceptors (Lipinski definition) is 3. The molecule has 0 bridgehead atoms. The van der Waals surface area contributed by atoms with E-state index in [1.54, 1.807) is 18.2 Å². The Labute approximate surface area is 151 Å². The van der Waals surface area contributed by atoms with Gasteiger partial charge < -0.3 is 15.2 Å². The van der Waals surface area contributed by atoms with E-state index < -0.39 is 17.8 Å². The molecule has 7 nitrogen and oxygen atoms in total. The van der Waals surface area contributed by atoms with Gasteiger partial charge in [-0.3, -0.25) is 9.59 Å². The molecule has 1 aromatic heterocycles. The molecule has 26 heavy (non-hydrogen) atoms. The van der Waals surface area contributed by atoms with Crippen LogP contribution in [0.5, 0.6) is 0 Å². The van der Waals surface area contributed by atoms with Gasteiger partial charge in [-0.2, -0.15) is 0 Å². The lowest BCUT2D eigenvalue weighted by Gasteiger charge is -2.13. The van der Waals surface area contributed by atoms with Gasteiger partial charge in [0.25, 0.3) is 5.91 Å². The Balaban J connectivity index is 1.72. The third-order valence-corrected chi connectivity index (χ3v) is 4.39. The molecule has 4 amide bonds.